The van der Waals surface area contributed by atoms with Gasteiger partial charge in [0.05, 0.1) is 12.2 Å². The molecule has 0 aliphatic heterocycles. The fourth-order valence-corrected chi connectivity index (χ4v) is 1.34. The van der Waals surface area contributed by atoms with Gasteiger partial charge in [0.25, 0.3) is 0 Å². The summed E-state index contributed by atoms with van der Waals surface area (Å²) >= 11 is 0. The van der Waals surface area contributed by atoms with E-state index < -0.39 is 0 Å². The van der Waals surface area contributed by atoms with Crippen LogP contribution in [0.2, 0.25) is 0 Å². The molecule has 4 heteroatoms. The van der Waals surface area contributed by atoms with Gasteiger partial charge < -0.3 is 15.2 Å². The number of hydrogen-bond acceptors (Lipinski definition) is 4. The zero-order chi connectivity index (χ0) is 12.0. The fraction of sp³-hybridized carbons (Fsp3) is 0.417. The second kappa shape index (κ2) is 6.25. The van der Waals surface area contributed by atoms with E-state index in [1.165, 1.54) is 0 Å². The highest BCUT2D eigenvalue weighted by Gasteiger charge is 2.11. The van der Waals surface area contributed by atoms with Gasteiger partial charge in [0.1, 0.15) is 6.10 Å². The molecule has 1 atom stereocenters. The van der Waals surface area contributed by atoms with Gasteiger partial charge in [-0.25, -0.2) is 4.79 Å². The van der Waals surface area contributed by atoms with E-state index in [1.54, 1.807) is 32.2 Å². The Labute approximate surface area is 95.3 Å². The molecule has 1 unspecified atom stereocenters. The molecular formula is C12H17NO3. The van der Waals surface area contributed by atoms with E-state index in [9.17, 15) is 4.79 Å². The molecule has 1 aromatic rings. The predicted octanol–water partition coefficient (Wildman–Crippen LogP) is 1.34. The third-order valence-corrected chi connectivity index (χ3v) is 2.11. The third-order valence-electron chi connectivity index (χ3n) is 2.11. The smallest absolute Gasteiger partial charge is 0.338 e. The lowest BCUT2D eigenvalue weighted by Crippen LogP contribution is -2.19. The van der Waals surface area contributed by atoms with Crippen molar-refractivity contribution in [3.63, 3.8) is 0 Å². The molecule has 0 radical (unpaired) electrons. The van der Waals surface area contributed by atoms with Crippen molar-refractivity contribution < 1.29 is 14.3 Å². The molecule has 0 spiro atoms. The lowest BCUT2D eigenvalue weighted by molar-refractivity contribution is 0.0120. The van der Waals surface area contributed by atoms with Crippen molar-refractivity contribution in [2.75, 3.05) is 13.7 Å². The number of carbonyl (C=O) groups excluding carboxylic acids is 1. The Bertz CT molecular complexity index is 352. The van der Waals surface area contributed by atoms with Crippen molar-refractivity contribution in [1.82, 2.24) is 0 Å². The quantitative estimate of drug-likeness (QED) is 0.765. The van der Waals surface area contributed by atoms with E-state index >= 15 is 0 Å². The Morgan fingerprint density at radius 1 is 1.50 bits per heavy atom. The zero-order valence-electron chi connectivity index (χ0n) is 9.60. The molecule has 0 aliphatic rings. The Kier molecular flexibility index (Phi) is 4.95. The SMILES string of the molecule is COCC(C)OC(=O)c1cccc(CN)c1. The minimum absolute atomic E-state index is 0.251. The normalized spacial score (nSPS) is 12.2. The molecule has 0 aliphatic carbocycles. The van der Waals surface area contributed by atoms with Crippen LogP contribution < -0.4 is 5.73 Å². The van der Waals surface area contributed by atoms with Crippen LogP contribution in [0.4, 0.5) is 0 Å². The van der Waals surface area contributed by atoms with Crippen LogP contribution in [0.3, 0.4) is 0 Å². The molecule has 0 saturated carbocycles. The number of ether oxygens (including phenoxy) is 2. The maximum absolute atomic E-state index is 11.7. The van der Waals surface area contributed by atoms with Crippen LogP contribution in [0.5, 0.6) is 0 Å². The molecule has 0 amide bonds. The average Bonchev–Trinajstić information content (AvgIpc) is 2.29. The monoisotopic (exact) mass is 223 g/mol. The molecule has 0 fully saturated rings. The van der Waals surface area contributed by atoms with Gasteiger partial charge in [-0.1, -0.05) is 12.1 Å². The minimum Gasteiger partial charge on any atom is -0.457 e. The van der Waals surface area contributed by atoms with Gasteiger partial charge in [-0.3, -0.25) is 0 Å². The van der Waals surface area contributed by atoms with Crippen LogP contribution in [-0.4, -0.2) is 25.8 Å². The Balaban J connectivity index is 2.65. The van der Waals surface area contributed by atoms with E-state index in [0.29, 0.717) is 18.7 Å². The maximum Gasteiger partial charge on any atom is 0.338 e. The molecule has 0 heterocycles. The van der Waals surface area contributed by atoms with Crippen molar-refractivity contribution in [3.8, 4) is 0 Å². The van der Waals surface area contributed by atoms with E-state index in [2.05, 4.69) is 0 Å². The largest absolute Gasteiger partial charge is 0.457 e. The Morgan fingerprint density at radius 2 is 2.25 bits per heavy atom. The van der Waals surface area contributed by atoms with E-state index in [-0.39, 0.29) is 12.1 Å². The molecule has 0 saturated heterocycles. The van der Waals surface area contributed by atoms with E-state index in [1.807, 2.05) is 6.07 Å². The number of rotatable bonds is 5. The lowest BCUT2D eigenvalue weighted by Gasteiger charge is -2.12. The van der Waals surface area contributed by atoms with Crippen LogP contribution in [0.15, 0.2) is 24.3 Å². The van der Waals surface area contributed by atoms with Crippen molar-refractivity contribution in [2.24, 2.45) is 5.73 Å². The van der Waals surface area contributed by atoms with Crippen LogP contribution >= 0.6 is 0 Å². The van der Waals surface area contributed by atoms with Gasteiger partial charge in [-0.2, -0.15) is 0 Å². The number of nitrogens with two attached hydrogens (primary N) is 1. The average molecular weight is 223 g/mol. The molecule has 1 rings (SSSR count). The predicted molar refractivity (Wildman–Crippen MR) is 61.1 cm³/mol. The van der Waals surface area contributed by atoms with Gasteiger partial charge in [0.15, 0.2) is 0 Å². The molecule has 1 aromatic carbocycles. The summed E-state index contributed by atoms with van der Waals surface area (Å²) in [5.41, 5.74) is 6.93. The molecule has 0 bridgehead atoms. The Hall–Kier alpha value is -1.39. The highest BCUT2D eigenvalue weighted by Crippen LogP contribution is 2.07. The van der Waals surface area contributed by atoms with Crippen LogP contribution in [0.25, 0.3) is 0 Å². The van der Waals surface area contributed by atoms with Crippen LogP contribution in [-0.2, 0) is 16.0 Å². The summed E-state index contributed by atoms with van der Waals surface area (Å²) in [7, 11) is 1.57. The standard InChI is InChI=1S/C12H17NO3/c1-9(8-15-2)16-12(14)11-5-3-4-10(6-11)7-13/h3-6,9H,7-8,13H2,1-2H3. The molecule has 2 N–H and O–H groups in total. The zero-order valence-corrected chi connectivity index (χ0v) is 9.60. The summed E-state index contributed by atoms with van der Waals surface area (Å²) in [5.74, 6) is -0.347. The lowest BCUT2D eigenvalue weighted by atomic mass is 10.1. The highest BCUT2D eigenvalue weighted by molar-refractivity contribution is 5.89. The second-order valence-electron chi connectivity index (χ2n) is 3.58. The molecular weight excluding hydrogens is 206 g/mol. The van der Waals surface area contributed by atoms with Crippen molar-refractivity contribution in [3.05, 3.63) is 35.4 Å². The van der Waals surface area contributed by atoms with Gasteiger partial charge >= 0.3 is 5.97 Å². The van der Waals surface area contributed by atoms with Crippen molar-refractivity contribution in [2.45, 2.75) is 19.6 Å². The summed E-state index contributed by atoms with van der Waals surface area (Å²) in [6, 6.07) is 7.11. The minimum atomic E-state index is -0.347. The van der Waals surface area contributed by atoms with Crippen molar-refractivity contribution >= 4 is 5.97 Å². The number of benzene rings is 1. The number of carbonyl (C=O) groups is 1. The summed E-state index contributed by atoms with van der Waals surface area (Å²) in [4.78, 5) is 11.7. The second-order valence-corrected chi connectivity index (χ2v) is 3.58. The number of hydrogen-bond donors (Lipinski definition) is 1. The molecule has 4 nitrogen and oxygen atoms in total. The summed E-state index contributed by atoms with van der Waals surface area (Å²) in [6.07, 6.45) is -0.251. The molecule has 88 valence electrons. The van der Waals surface area contributed by atoms with Gasteiger partial charge in [0, 0.05) is 13.7 Å². The fourth-order valence-electron chi connectivity index (χ4n) is 1.34. The first-order valence-electron chi connectivity index (χ1n) is 5.16. The Morgan fingerprint density at radius 3 is 2.88 bits per heavy atom. The van der Waals surface area contributed by atoms with Crippen molar-refractivity contribution in [1.29, 1.82) is 0 Å². The first kappa shape index (κ1) is 12.7. The van der Waals surface area contributed by atoms with Crippen LogP contribution in [0, 0.1) is 0 Å². The van der Waals surface area contributed by atoms with E-state index in [0.717, 1.165) is 5.56 Å². The summed E-state index contributed by atoms with van der Waals surface area (Å²) < 4.78 is 10.1. The summed E-state index contributed by atoms with van der Waals surface area (Å²) in [5, 5.41) is 0. The van der Waals surface area contributed by atoms with Gasteiger partial charge in [-0.05, 0) is 24.6 Å². The van der Waals surface area contributed by atoms with Crippen LogP contribution in [0.1, 0.15) is 22.8 Å². The number of methoxy groups -OCH3 is 1. The maximum atomic E-state index is 11.7. The highest BCUT2D eigenvalue weighted by atomic mass is 16.6. The first-order chi connectivity index (χ1) is 7.67. The first-order valence-corrected chi connectivity index (χ1v) is 5.16. The van der Waals surface area contributed by atoms with Gasteiger partial charge in [0.2, 0.25) is 0 Å². The third kappa shape index (κ3) is 3.64. The summed E-state index contributed by atoms with van der Waals surface area (Å²) in [6.45, 7) is 2.59. The van der Waals surface area contributed by atoms with Gasteiger partial charge in [-0.15, -0.1) is 0 Å². The molecule has 16 heavy (non-hydrogen) atoms. The van der Waals surface area contributed by atoms with E-state index in [4.69, 9.17) is 15.2 Å². The number of esters is 1. The topological polar surface area (TPSA) is 61.5 Å². The molecule has 0 aromatic heterocycles.